The van der Waals surface area contributed by atoms with Crippen LogP contribution in [0.5, 0.6) is 0 Å². The van der Waals surface area contributed by atoms with Gasteiger partial charge in [0.2, 0.25) is 0 Å². The van der Waals surface area contributed by atoms with Crippen molar-refractivity contribution < 1.29 is 0 Å². The van der Waals surface area contributed by atoms with E-state index in [1.165, 1.54) is 6.42 Å². The molecule has 0 bridgehead atoms. The summed E-state index contributed by atoms with van der Waals surface area (Å²) in [6.45, 7) is 9.72. The van der Waals surface area contributed by atoms with E-state index < -0.39 is 0 Å². The number of anilines is 2. The van der Waals surface area contributed by atoms with Gasteiger partial charge in [-0.1, -0.05) is 27.2 Å². The van der Waals surface area contributed by atoms with Crippen LogP contribution in [0.3, 0.4) is 0 Å². The van der Waals surface area contributed by atoms with E-state index in [0.29, 0.717) is 12.0 Å². The topological polar surface area (TPSA) is 49.8 Å². The van der Waals surface area contributed by atoms with Crippen LogP contribution >= 0.6 is 0 Å². The highest BCUT2D eigenvalue weighted by Crippen LogP contribution is 2.14. The van der Waals surface area contributed by atoms with Crippen molar-refractivity contribution in [3.8, 4) is 0 Å². The predicted molar refractivity (Wildman–Crippen MR) is 73.4 cm³/mol. The number of hydrogen-bond donors (Lipinski definition) is 2. The second-order valence-electron chi connectivity index (χ2n) is 4.53. The number of rotatable bonds is 7. The van der Waals surface area contributed by atoms with Crippen LogP contribution in [0.2, 0.25) is 0 Å². The fourth-order valence-corrected chi connectivity index (χ4v) is 1.52. The SMILES string of the molecule is CCCNc1cc(NC(C)C(C)CC)ncn1. The van der Waals surface area contributed by atoms with Crippen molar-refractivity contribution in [2.75, 3.05) is 17.2 Å². The zero-order chi connectivity index (χ0) is 12.7. The Morgan fingerprint density at radius 3 is 2.53 bits per heavy atom. The lowest BCUT2D eigenvalue weighted by Gasteiger charge is -2.20. The van der Waals surface area contributed by atoms with E-state index in [-0.39, 0.29) is 0 Å². The molecular formula is C13H24N4. The lowest BCUT2D eigenvalue weighted by molar-refractivity contribution is 0.493. The van der Waals surface area contributed by atoms with Crippen molar-refractivity contribution >= 4 is 11.6 Å². The van der Waals surface area contributed by atoms with E-state index in [2.05, 4.69) is 48.3 Å². The first-order valence-corrected chi connectivity index (χ1v) is 6.49. The molecule has 2 atom stereocenters. The van der Waals surface area contributed by atoms with Crippen LogP contribution in [0.1, 0.15) is 40.5 Å². The summed E-state index contributed by atoms with van der Waals surface area (Å²) in [6.07, 6.45) is 3.86. The van der Waals surface area contributed by atoms with Gasteiger partial charge in [0.1, 0.15) is 18.0 Å². The molecule has 0 fully saturated rings. The van der Waals surface area contributed by atoms with Crippen molar-refractivity contribution in [2.24, 2.45) is 5.92 Å². The highest BCUT2D eigenvalue weighted by Gasteiger charge is 2.10. The zero-order valence-corrected chi connectivity index (χ0v) is 11.3. The fourth-order valence-electron chi connectivity index (χ4n) is 1.52. The monoisotopic (exact) mass is 236 g/mol. The second kappa shape index (κ2) is 7.09. The van der Waals surface area contributed by atoms with Crippen LogP contribution in [0.25, 0.3) is 0 Å². The summed E-state index contributed by atoms with van der Waals surface area (Å²) in [5, 5.41) is 6.68. The van der Waals surface area contributed by atoms with Crippen LogP contribution in [0.4, 0.5) is 11.6 Å². The average Bonchev–Trinajstić information content (AvgIpc) is 2.35. The Morgan fingerprint density at radius 2 is 1.88 bits per heavy atom. The highest BCUT2D eigenvalue weighted by atomic mass is 15.1. The Labute approximate surface area is 104 Å². The van der Waals surface area contributed by atoms with Gasteiger partial charge in [-0.3, -0.25) is 0 Å². The van der Waals surface area contributed by atoms with E-state index in [0.717, 1.165) is 24.6 Å². The van der Waals surface area contributed by atoms with Crippen molar-refractivity contribution in [2.45, 2.75) is 46.6 Å². The van der Waals surface area contributed by atoms with Crippen molar-refractivity contribution in [3.05, 3.63) is 12.4 Å². The van der Waals surface area contributed by atoms with E-state index in [9.17, 15) is 0 Å². The molecule has 17 heavy (non-hydrogen) atoms. The molecule has 0 aliphatic rings. The number of nitrogens with zero attached hydrogens (tertiary/aromatic N) is 2. The zero-order valence-electron chi connectivity index (χ0n) is 11.3. The molecule has 0 saturated carbocycles. The quantitative estimate of drug-likeness (QED) is 0.763. The lowest BCUT2D eigenvalue weighted by atomic mass is 10.0. The molecule has 0 aliphatic heterocycles. The van der Waals surface area contributed by atoms with Gasteiger partial charge >= 0.3 is 0 Å². The Hall–Kier alpha value is -1.32. The standard InChI is InChI=1S/C13H24N4/c1-5-7-14-12-8-13(16-9-15-12)17-11(4)10(3)6-2/h8-11H,5-7H2,1-4H3,(H2,14,15,16,17). The van der Waals surface area contributed by atoms with Crippen molar-refractivity contribution in [3.63, 3.8) is 0 Å². The summed E-state index contributed by atoms with van der Waals surface area (Å²) >= 11 is 0. The largest absolute Gasteiger partial charge is 0.370 e. The maximum Gasteiger partial charge on any atom is 0.131 e. The third kappa shape index (κ3) is 4.59. The third-order valence-electron chi connectivity index (χ3n) is 3.10. The fraction of sp³-hybridized carbons (Fsp3) is 0.692. The van der Waals surface area contributed by atoms with Gasteiger partial charge in [0.05, 0.1) is 0 Å². The third-order valence-corrected chi connectivity index (χ3v) is 3.10. The molecule has 2 N–H and O–H groups in total. The van der Waals surface area contributed by atoms with E-state index in [1.54, 1.807) is 6.33 Å². The molecule has 0 aromatic carbocycles. The van der Waals surface area contributed by atoms with Gasteiger partial charge in [-0.05, 0) is 19.3 Å². The molecule has 0 amide bonds. The van der Waals surface area contributed by atoms with Crippen LogP contribution in [0.15, 0.2) is 12.4 Å². The van der Waals surface area contributed by atoms with Gasteiger partial charge in [0.15, 0.2) is 0 Å². The summed E-state index contributed by atoms with van der Waals surface area (Å²) in [4.78, 5) is 8.43. The number of nitrogens with one attached hydrogen (secondary N) is 2. The first-order valence-electron chi connectivity index (χ1n) is 6.49. The summed E-state index contributed by atoms with van der Waals surface area (Å²) < 4.78 is 0. The number of hydrogen-bond acceptors (Lipinski definition) is 4. The lowest BCUT2D eigenvalue weighted by Crippen LogP contribution is -2.23. The second-order valence-corrected chi connectivity index (χ2v) is 4.53. The minimum atomic E-state index is 0.425. The molecule has 0 saturated heterocycles. The molecule has 1 rings (SSSR count). The van der Waals surface area contributed by atoms with Gasteiger partial charge < -0.3 is 10.6 Å². The molecule has 4 heteroatoms. The first-order chi connectivity index (χ1) is 8.17. The molecule has 0 spiro atoms. The van der Waals surface area contributed by atoms with Crippen LogP contribution < -0.4 is 10.6 Å². The first kappa shape index (κ1) is 13.7. The van der Waals surface area contributed by atoms with E-state index in [4.69, 9.17) is 0 Å². The van der Waals surface area contributed by atoms with Crippen molar-refractivity contribution in [1.82, 2.24) is 9.97 Å². The predicted octanol–water partition coefficient (Wildman–Crippen LogP) is 3.15. The normalized spacial score (nSPS) is 14.1. The van der Waals surface area contributed by atoms with Crippen molar-refractivity contribution in [1.29, 1.82) is 0 Å². The Bertz CT molecular complexity index is 327. The molecule has 0 aliphatic carbocycles. The molecule has 1 aromatic heterocycles. The summed E-state index contributed by atoms with van der Waals surface area (Å²) in [6, 6.07) is 2.39. The van der Waals surface area contributed by atoms with Gasteiger partial charge in [-0.15, -0.1) is 0 Å². The van der Waals surface area contributed by atoms with E-state index in [1.807, 2.05) is 6.07 Å². The number of aromatic nitrogens is 2. The average molecular weight is 236 g/mol. The molecule has 1 heterocycles. The van der Waals surface area contributed by atoms with Gasteiger partial charge in [0.25, 0.3) is 0 Å². The maximum atomic E-state index is 4.24. The molecule has 96 valence electrons. The minimum absolute atomic E-state index is 0.425. The van der Waals surface area contributed by atoms with Gasteiger partial charge in [-0.2, -0.15) is 0 Å². The Kier molecular flexibility index (Phi) is 5.73. The summed E-state index contributed by atoms with van der Waals surface area (Å²) in [5.41, 5.74) is 0. The minimum Gasteiger partial charge on any atom is -0.370 e. The van der Waals surface area contributed by atoms with E-state index >= 15 is 0 Å². The molecule has 1 aromatic rings. The summed E-state index contributed by atoms with van der Waals surface area (Å²) in [7, 11) is 0. The molecular weight excluding hydrogens is 212 g/mol. The van der Waals surface area contributed by atoms with Gasteiger partial charge in [-0.25, -0.2) is 9.97 Å². The van der Waals surface area contributed by atoms with Crippen LogP contribution in [-0.2, 0) is 0 Å². The van der Waals surface area contributed by atoms with Gasteiger partial charge in [0, 0.05) is 18.7 Å². The molecule has 4 nitrogen and oxygen atoms in total. The Balaban J connectivity index is 2.58. The van der Waals surface area contributed by atoms with Crippen LogP contribution in [0, 0.1) is 5.92 Å². The maximum absolute atomic E-state index is 4.24. The summed E-state index contributed by atoms with van der Waals surface area (Å²) in [5.74, 6) is 2.42. The highest BCUT2D eigenvalue weighted by molar-refractivity contribution is 5.46. The molecule has 0 radical (unpaired) electrons. The van der Waals surface area contributed by atoms with Crippen LogP contribution in [-0.4, -0.2) is 22.6 Å². The Morgan fingerprint density at radius 1 is 1.18 bits per heavy atom. The molecule has 2 unspecified atom stereocenters. The smallest absolute Gasteiger partial charge is 0.131 e.